The lowest BCUT2D eigenvalue weighted by atomic mass is 10.2. The summed E-state index contributed by atoms with van der Waals surface area (Å²) in [6.45, 7) is 3.07. The number of carbonyl (C=O) groups excluding carboxylic acids is 1. The number of hydrogen-bond donors (Lipinski definition) is 0. The fourth-order valence-electron chi connectivity index (χ4n) is 2.58. The predicted octanol–water partition coefficient (Wildman–Crippen LogP) is 4.34. The maximum absolute atomic E-state index is 11.6. The van der Waals surface area contributed by atoms with Crippen LogP contribution in [-0.4, -0.2) is 22.9 Å². The van der Waals surface area contributed by atoms with Gasteiger partial charge in [-0.05, 0) is 18.6 Å². The maximum atomic E-state index is 11.6. The number of thioether (sulfide) groups is 1. The van der Waals surface area contributed by atoms with Gasteiger partial charge in [0.05, 0.1) is 12.4 Å². The summed E-state index contributed by atoms with van der Waals surface area (Å²) in [5, 5.41) is 1.18. The summed E-state index contributed by atoms with van der Waals surface area (Å²) in [6.07, 6.45) is 2.13. The van der Waals surface area contributed by atoms with Crippen molar-refractivity contribution in [2.45, 2.75) is 18.4 Å². The van der Waals surface area contributed by atoms with Crippen LogP contribution in [0.1, 0.15) is 12.5 Å². The summed E-state index contributed by atoms with van der Waals surface area (Å²) in [4.78, 5) is 12.7. The third kappa shape index (κ3) is 3.77. The zero-order chi connectivity index (χ0) is 16.1. The summed E-state index contributed by atoms with van der Waals surface area (Å²) in [7, 11) is 0. The lowest BCUT2D eigenvalue weighted by molar-refractivity contribution is -0.139. The quantitative estimate of drug-likeness (QED) is 0.499. The Bertz CT molecular complexity index is 795. The fraction of sp³-hybridized carbons (Fsp3) is 0.211. The molecule has 118 valence electrons. The van der Waals surface area contributed by atoms with Crippen molar-refractivity contribution in [1.29, 1.82) is 0 Å². The molecule has 0 saturated carbocycles. The molecular formula is C19H19NO2S. The highest BCUT2D eigenvalue weighted by Crippen LogP contribution is 2.30. The van der Waals surface area contributed by atoms with Crippen LogP contribution in [0.2, 0.25) is 0 Å². The van der Waals surface area contributed by atoms with E-state index in [0.717, 1.165) is 11.4 Å². The van der Waals surface area contributed by atoms with Crippen LogP contribution in [0.5, 0.6) is 0 Å². The number of esters is 1. The molecule has 1 heterocycles. The highest BCUT2D eigenvalue weighted by Gasteiger charge is 2.11. The first kappa shape index (κ1) is 15.7. The average molecular weight is 325 g/mol. The molecule has 0 bridgehead atoms. The van der Waals surface area contributed by atoms with E-state index >= 15 is 0 Å². The number of fused-ring (bicyclic) bond motifs is 1. The second kappa shape index (κ2) is 7.38. The first-order valence-corrected chi connectivity index (χ1v) is 8.66. The highest BCUT2D eigenvalue weighted by molar-refractivity contribution is 8.00. The van der Waals surface area contributed by atoms with Gasteiger partial charge in [-0.3, -0.25) is 4.79 Å². The molecule has 0 aliphatic carbocycles. The van der Waals surface area contributed by atoms with Crippen molar-refractivity contribution < 1.29 is 9.53 Å². The molecule has 0 N–H and O–H groups in total. The van der Waals surface area contributed by atoms with Crippen molar-refractivity contribution >= 4 is 28.6 Å². The van der Waals surface area contributed by atoms with Crippen LogP contribution in [-0.2, 0) is 16.1 Å². The van der Waals surface area contributed by atoms with Gasteiger partial charge in [-0.25, -0.2) is 0 Å². The molecular weight excluding hydrogens is 306 g/mol. The van der Waals surface area contributed by atoms with E-state index in [-0.39, 0.29) is 5.97 Å². The Balaban J connectivity index is 1.86. The standard InChI is InChI=1S/C19H19NO2S/c1-2-22-19(21)14-23-18-13-20(12-15-8-4-3-5-9-15)17-11-7-6-10-16(17)18/h3-11,13H,2,12,14H2,1H3. The van der Waals surface area contributed by atoms with E-state index in [1.165, 1.54) is 28.2 Å². The van der Waals surface area contributed by atoms with Gasteiger partial charge in [-0.1, -0.05) is 48.5 Å². The molecule has 3 nitrogen and oxygen atoms in total. The third-order valence-corrected chi connectivity index (χ3v) is 4.61. The van der Waals surface area contributed by atoms with Gasteiger partial charge in [0.15, 0.2) is 0 Å². The Labute approximate surface area is 140 Å². The molecule has 0 aliphatic rings. The molecule has 0 saturated heterocycles. The highest BCUT2D eigenvalue weighted by atomic mass is 32.2. The molecule has 1 aromatic heterocycles. The van der Waals surface area contributed by atoms with Gasteiger partial charge in [0, 0.05) is 28.5 Å². The van der Waals surface area contributed by atoms with Gasteiger partial charge >= 0.3 is 5.97 Å². The summed E-state index contributed by atoms with van der Waals surface area (Å²) in [5.41, 5.74) is 2.44. The van der Waals surface area contributed by atoms with Crippen molar-refractivity contribution in [2.75, 3.05) is 12.4 Å². The van der Waals surface area contributed by atoms with E-state index in [1.54, 1.807) is 0 Å². The van der Waals surface area contributed by atoms with Crippen LogP contribution < -0.4 is 0 Å². The largest absolute Gasteiger partial charge is 0.465 e. The summed E-state index contributed by atoms with van der Waals surface area (Å²) in [5.74, 6) is 0.171. The SMILES string of the molecule is CCOC(=O)CSc1cn(Cc2ccccc2)c2ccccc12. The lowest BCUT2D eigenvalue weighted by Crippen LogP contribution is -2.06. The number of nitrogens with zero attached hydrogens (tertiary/aromatic N) is 1. The number of carbonyl (C=O) groups is 1. The molecule has 2 aromatic carbocycles. The topological polar surface area (TPSA) is 31.2 Å². The van der Waals surface area contributed by atoms with Crippen molar-refractivity contribution in [1.82, 2.24) is 4.57 Å². The van der Waals surface area contributed by atoms with Crippen molar-refractivity contribution in [2.24, 2.45) is 0 Å². The molecule has 3 aromatic rings. The van der Waals surface area contributed by atoms with E-state index in [0.29, 0.717) is 12.4 Å². The van der Waals surface area contributed by atoms with Gasteiger partial charge in [0.2, 0.25) is 0 Å². The average Bonchev–Trinajstić information content (AvgIpc) is 2.92. The van der Waals surface area contributed by atoms with E-state index in [1.807, 2.05) is 25.1 Å². The number of ether oxygens (including phenoxy) is 1. The van der Waals surface area contributed by atoms with Crippen LogP contribution in [0, 0.1) is 0 Å². The minimum atomic E-state index is -0.169. The van der Waals surface area contributed by atoms with E-state index in [2.05, 4.69) is 47.2 Å². The van der Waals surface area contributed by atoms with Gasteiger partial charge < -0.3 is 9.30 Å². The first-order chi connectivity index (χ1) is 11.3. The zero-order valence-electron chi connectivity index (χ0n) is 13.1. The number of aromatic nitrogens is 1. The number of hydrogen-bond acceptors (Lipinski definition) is 3. The maximum Gasteiger partial charge on any atom is 0.316 e. The fourth-order valence-corrected chi connectivity index (χ4v) is 3.46. The second-order valence-electron chi connectivity index (χ2n) is 5.22. The van der Waals surface area contributed by atoms with Gasteiger partial charge in [0.25, 0.3) is 0 Å². The van der Waals surface area contributed by atoms with Crippen molar-refractivity contribution in [3.63, 3.8) is 0 Å². The molecule has 0 unspecified atom stereocenters. The molecule has 4 heteroatoms. The molecule has 0 aliphatic heterocycles. The monoisotopic (exact) mass is 325 g/mol. The van der Waals surface area contributed by atoms with E-state index < -0.39 is 0 Å². The second-order valence-corrected chi connectivity index (χ2v) is 6.23. The Morgan fingerprint density at radius 1 is 1.09 bits per heavy atom. The molecule has 0 fully saturated rings. The van der Waals surface area contributed by atoms with Crippen LogP contribution in [0.25, 0.3) is 10.9 Å². The lowest BCUT2D eigenvalue weighted by Gasteiger charge is -2.05. The molecule has 3 rings (SSSR count). The molecule has 0 radical (unpaired) electrons. The van der Waals surface area contributed by atoms with Crippen molar-refractivity contribution in [3.05, 3.63) is 66.4 Å². The van der Waals surface area contributed by atoms with Gasteiger partial charge in [0.1, 0.15) is 0 Å². The predicted molar refractivity (Wildman–Crippen MR) is 94.8 cm³/mol. The minimum Gasteiger partial charge on any atom is -0.465 e. The normalized spacial score (nSPS) is 10.8. The van der Waals surface area contributed by atoms with E-state index in [9.17, 15) is 4.79 Å². The third-order valence-electron chi connectivity index (χ3n) is 3.60. The Morgan fingerprint density at radius 2 is 1.83 bits per heavy atom. The number of benzene rings is 2. The van der Waals surface area contributed by atoms with Crippen LogP contribution >= 0.6 is 11.8 Å². The molecule has 23 heavy (non-hydrogen) atoms. The van der Waals surface area contributed by atoms with Gasteiger partial charge in [-0.2, -0.15) is 0 Å². The smallest absolute Gasteiger partial charge is 0.316 e. The molecule has 0 spiro atoms. The Kier molecular flexibility index (Phi) is 5.03. The minimum absolute atomic E-state index is 0.169. The van der Waals surface area contributed by atoms with E-state index in [4.69, 9.17) is 4.74 Å². The summed E-state index contributed by atoms with van der Waals surface area (Å²) in [6, 6.07) is 18.7. The Hall–Kier alpha value is -2.20. The van der Waals surface area contributed by atoms with Crippen molar-refractivity contribution in [3.8, 4) is 0 Å². The summed E-state index contributed by atoms with van der Waals surface area (Å²) < 4.78 is 7.25. The number of para-hydroxylation sites is 1. The molecule has 0 atom stereocenters. The van der Waals surface area contributed by atoms with Crippen LogP contribution in [0.4, 0.5) is 0 Å². The van der Waals surface area contributed by atoms with Crippen LogP contribution in [0.3, 0.4) is 0 Å². The van der Waals surface area contributed by atoms with Crippen LogP contribution in [0.15, 0.2) is 65.7 Å². The number of rotatable bonds is 6. The first-order valence-electron chi connectivity index (χ1n) is 7.68. The van der Waals surface area contributed by atoms with Gasteiger partial charge in [-0.15, -0.1) is 11.8 Å². The molecule has 0 amide bonds. The Morgan fingerprint density at radius 3 is 2.61 bits per heavy atom. The zero-order valence-corrected chi connectivity index (χ0v) is 13.9. The summed E-state index contributed by atoms with van der Waals surface area (Å²) >= 11 is 1.53.